The van der Waals surface area contributed by atoms with Crippen LogP contribution in [0.1, 0.15) is 6.42 Å². The van der Waals surface area contributed by atoms with Crippen LogP contribution in [0, 0.1) is 5.82 Å². The molecule has 8 nitrogen and oxygen atoms in total. The van der Waals surface area contributed by atoms with Crippen LogP contribution in [-0.4, -0.2) is 52.1 Å². The van der Waals surface area contributed by atoms with Crippen molar-refractivity contribution in [2.24, 2.45) is 0 Å². The largest absolute Gasteiger partial charge is 0.485 e. The summed E-state index contributed by atoms with van der Waals surface area (Å²) in [7, 11) is 1.23. The average molecular weight is 425 g/mol. The number of methoxy groups -OCH3 is 1. The number of rotatable bonds is 5. The number of amides is 1. The van der Waals surface area contributed by atoms with Crippen molar-refractivity contribution in [2.45, 2.75) is 25.1 Å². The number of hydrogen-bond donors (Lipinski definition) is 0. The number of aromatic nitrogens is 2. The topological polar surface area (TPSA) is 90.7 Å². The minimum Gasteiger partial charge on any atom is -0.485 e. The van der Waals surface area contributed by atoms with E-state index in [1.807, 2.05) is 0 Å². The van der Waals surface area contributed by atoms with Crippen molar-refractivity contribution >= 4 is 22.8 Å². The van der Waals surface area contributed by atoms with Crippen molar-refractivity contribution in [1.29, 1.82) is 0 Å². The molecule has 0 aliphatic carbocycles. The Morgan fingerprint density at radius 3 is 2.68 bits per heavy atom. The van der Waals surface area contributed by atoms with Crippen molar-refractivity contribution in [2.75, 3.05) is 13.7 Å². The number of carbonyl (C=O) groups excluding carboxylic acids is 2. The zero-order valence-corrected chi connectivity index (χ0v) is 16.7. The minimum absolute atomic E-state index is 0.0420. The van der Waals surface area contributed by atoms with Crippen LogP contribution in [0.4, 0.5) is 4.39 Å². The summed E-state index contributed by atoms with van der Waals surface area (Å²) in [6.07, 6.45) is 0.855. The highest BCUT2D eigenvalue weighted by atomic mass is 19.1. The van der Waals surface area contributed by atoms with Crippen molar-refractivity contribution in [3.8, 4) is 5.75 Å². The van der Waals surface area contributed by atoms with E-state index in [2.05, 4.69) is 4.98 Å². The smallest absolute Gasteiger partial charge is 0.328 e. The summed E-state index contributed by atoms with van der Waals surface area (Å²) in [6.45, 7) is -0.237. The van der Waals surface area contributed by atoms with Gasteiger partial charge in [0.1, 0.15) is 18.7 Å². The molecule has 1 aliphatic rings. The zero-order valence-electron chi connectivity index (χ0n) is 16.7. The summed E-state index contributed by atoms with van der Waals surface area (Å²) >= 11 is 0. The lowest BCUT2D eigenvalue weighted by atomic mass is 10.2. The van der Waals surface area contributed by atoms with E-state index in [1.165, 1.54) is 35.0 Å². The molecule has 0 unspecified atom stereocenters. The van der Waals surface area contributed by atoms with Gasteiger partial charge in [-0.05, 0) is 24.3 Å². The molecule has 0 bridgehead atoms. The lowest BCUT2D eigenvalue weighted by Gasteiger charge is -2.22. The molecule has 9 heteroatoms. The standard InChI is InChI=1S/C22H20FN3O5/c1-30-22(29)18-10-14(31-19-9-5-3-7-16(19)23)11-26(18)20(27)12-25-13-24-17-8-4-2-6-15(17)21(25)28/h2-9,13-14,18H,10-12H2,1H3/t14-,18+/m1/s1. The van der Waals surface area contributed by atoms with E-state index in [-0.39, 0.29) is 30.8 Å². The van der Waals surface area contributed by atoms with Crippen LogP contribution in [0.3, 0.4) is 0 Å². The third-order valence-corrected chi connectivity index (χ3v) is 5.22. The number of benzene rings is 2. The van der Waals surface area contributed by atoms with E-state index in [9.17, 15) is 18.8 Å². The molecule has 0 radical (unpaired) electrons. The Morgan fingerprint density at radius 1 is 1.16 bits per heavy atom. The Labute approximate surface area is 176 Å². The number of para-hydroxylation sites is 2. The predicted molar refractivity (Wildman–Crippen MR) is 109 cm³/mol. The van der Waals surface area contributed by atoms with E-state index in [0.29, 0.717) is 10.9 Å². The number of hydrogen-bond acceptors (Lipinski definition) is 6. The fourth-order valence-electron chi connectivity index (χ4n) is 3.69. The highest BCUT2D eigenvalue weighted by Gasteiger charge is 2.41. The molecule has 1 aliphatic heterocycles. The molecule has 1 fully saturated rings. The third kappa shape index (κ3) is 4.11. The van der Waals surface area contributed by atoms with Gasteiger partial charge < -0.3 is 14.4 Å². The van der Waals surface area contributed by atoms with Crippen molar-refractivity contribution in [1.82, 2.24) is 14.5 Å². The SMILES string of the molecule is COC(=O)[C@@H]1C[C@@H](Oc2ccccc2F)CN1C(=O)Cn1cnc2ccccc2c1=O. The monoisotopic (exact) mass is 425 g/mol. The highest BCUT2D eigenvalue weighted by molar-refractivity contribution is 5.85. The molecule has 2 atom stereocenters. The first-order valence-corrected chi connectivity index (χ1v) is 9.70. The first kappa shape index (κ1) is 20.5. The predicted octanol–water partition coefficient (Wildman–Crippen LogP) is 1.76. The summed E-state index contributed by atoms with van der Waals surface area (Å²) in [4.78, 5) is 43.5. The molecule has 1 saturated heterocycles. The average Bonchev–Trinajstić information content (AvgIpc) is 3.21. The van der Waals surface area contributed by atoms with Crippen molar-refractivity contribution in [3.63, 3.8) is 0 Å². The van der Waals surface area contributed by atoms with Crippen LogP contribution in [0.25, 0.3) is 10.9 Å². The maximum Gasteiger partial charge on any atom is 0.328 e. The van der Waals surface area contributed by atoms with Crippen LogP contribution in [0.2, 0.25) is 0 Å². The minimum atomic E-state index is -0.890. The second kappa shape index (κ2) is 8.55. The van der Waals surface area contributed by atoms with Gasteiger partial charge in [0.05, 0.1) is 30.9 Å². The van der Waals surface area contributed by atoms with Crippen LogP contribution in [-0.2, 0) is 20.9 Å². The quantitative estimate of drug-likeness (QED) is 0.579. The molecule has 1 amide bonds. The summed E-state index contributed by atoms with van der Waals surface area (Å²) in [6, 6.07) is 11.9. The van der Waals surface area contributed by atoms with Gasteiger partial charge in [-0.15, -0.1) is 0 Å². The van der Waals surface area contributed by atoms with Gasteiger partial charge >= 0.3 is 5.97 Å². The number of ether oxygens (including phenoxy) is 2. The van der Waals surface area contributed by atoms with Gasteiger partial charge in [0.25, 0.3) is 5.56 Å². The summed E-state index contributed by atoms with van der Waals surface area (Å²) < 4.78 is 25.6. The Bertz CT molecular complexity index is 1190. The second-order valence-corrected chi connectivity index (χ2v) is 7.19. The molecule has 4 rings (SSSR count). The van der Waals surface area contributed by atoms with E-state index in [4.69, 9.17) is 9.47 Å². The summed E-state index contributed by atoms with van der Waals surface area (Å²) in [5.41, 5.74) is 0.176. The number of carbonyl (C=O) groups is 2. The normalized spacial score (nSPS) is 18.2. The van der Waals surface area contributed by atoms with Gasteiger partial charge in [-0.25, -0.2) is 14.2 Å². The Kier molecular flexibility index (Phi) is 5.66. The lowest BCUT2D eigenvalue weighted by molar-refractivity contribution is -0.151. The lowest BCUT2D eigenvalue weighted by Crippen LogP contribution is -2.44. The molecule has 1 aromatic heterocycles. The molecule has 3 aromatic rings. The first-order valence-electron chi connectivity index (χ1n) is 9.70. The van der Waals surface area contributed by atoms with E-state index >= 15 is 0 Å². The maximum atomic E-state index is 13.9. The van der Waals surface area contributed by atoms with Gasteiger partial charge in [-0.3, -0.25) is 14.2 Å². The Morgan fingerprint density at radius 2 is 1.90 bits per heavy atom. The fraction of sp³-hybridized carbons (Fsp3) is 0.273. The Hall–Kier alpha value is -3.75. The molecule has 0 N–H and O–H groups in total. The van der Waals surface area contributed by atoms with Gasteiger partial charge in [0.15, 0.2) is 11.6 Å². The van der Waals surface area contributed by atoms with Gasteiger partial charge in [0.2, 0.25) is 5.91 Å². The number of esters is 1. The Balaban J connectivity index is 1.55. The zero-order chi connectivity index (χ0) is 22.0. The molecule has 0 spiro atoms. The molecule has 0 saturated carbocycles. The van der Waals surface area contributed by atoms with Crippen molar-refractivity contribution in [3.05, 3.63) is 71.0 Å². The number of nitrogens with zero attached hydrogens (tertiary/aromatic N) is 3. The van der Waals surface area contributed by atoms with Gasteiger partial charge in [-0.1, -0.05) is 24.3 Å². The molecule has 160 valence electrons. The molecule has 2 heterocycles. The van der Waals surface area contributed by atoms with Gasteiger partial charge in [0, 0.05) is 6.42 Å². The highest BCUT2D eigenvalue weighted by Crippen LogP contribution is 2.26. The van der Waals surface area contributed by atoms with Crippen LogP contribution < -0.4 is 10.3 Å². The van der Waals surface area contributed by atoms with Crippen LogP contribution >= 0.6 is 0 Å². The molecule has 2 aromatic carbocycles. The maximum absolute atomic E-state index is 13.9. The number of likely N-dealkylation sites (tertiary alicyclic amines) is 1. The number of fused-ring (bicyclic) bond motifs is 1. The van der Waals surface area contributed by atoms with Crippen LogP contribution in [0.5, 0.6) is 5.75 Å². The summed E-state index contributed by atoms with van der Waals surface area (Å²) in [5, 5.41) is 0.393. The molecule has 31 heavy (non-hydrogen) atoms. The van der Waals surface area contributed by atoms with E-state index in [1.54, 1.807) is 36.4 Å². The van der Waals surface area contributed by atoms with E-state index in [0.717, 1.165) is 0 Å². The number of halogens is 1. The van der Waals surface area contributed by atoms with Crippen molar-refractivity contribution < 1.29 is 23.5 Å². The summed E-state index contributed by atoms with van der Waals surface area (Å²) in [5.74, 6) is -1.55. The van der Waals surface area contributed by atoms with Gasteiger partial charge in [-0.2, -0.15) is 0 Å². The first-order chi connectivity index (χ1) is 15.0. The third-order valence-electron chi connectivity index (χ3n) is 5.22. The molecular formula is C22H20FN3O5. The van der Waals surface area contributed by atoms with Crippen LogP contribution in [0.15, 0.2) is 59.7 Å². The van der Waals surface area contributed by atoms with E-state index < -0.39 is 29.8 Å². The second-order valence-electron chi connectivity index (χ2n) is 7.19. The fourth-order valence-corrected chi connectivity index (χ4v) is 3.69. The molecular weight excluding hydrogens is 405 g/mol.